The zero-order valence-corrected chi connectivity index (χ0v) is 13.3. The largest absolute Gasteiger partial charge is 0.452 e. The lowest BCUT2D eigenvalue weighted by molar-refractivity contribution is 0.114. The number of nitrogen functional groups attached to an aromatic ring is 1. The predicted octanol–water partition coefficient (Wildman–Crippen LogP) is 2.93. The van der Waals surface area contributed by atoms with E-state index in [4.69, 9.17) is 27.2 Å². The Kier molecular flexibility index (Phi) is 4.83. The third-order valence-electron chi connectivity index (χ3n) is 3.96. The van der Waals surface area contributed by atoms with Gasteiger partial charge in [-0.05, 0) is 48.9 Å². The van der Waals surface area contributed by atoms with Crippen molar-refractivity contribution in [3.05, 3.63) is 35.5 Å². The Morgan fingerprint density at radius 2 is 2.00 bits per heavy atom. The van der Waals surface area contributed by atoms with Gasteiger partial charge in [-0.3, -0.25) is 0 Å². The molecule has 0 radical (unpaired) electrons. The lowest BCUT2D eigenvalue weighted by atomic mass is 9.75. The Morgan fingerprint density at radius 1 is 1.26 bits per heavy atom. The second-order valence-corrected chi connectivity index (χ2v) is 6.20. The zero-order chi connectivity index (χ0) is 16.2. The van der Waals surface area contributed by atoms with Gasteiger partial charge in [-0.2, -0.15) is 4.98 Å². The van der Waals surface area contributed by atoms with Crippen molar-refractivity contribution in [3.63, 3.8) is 0 Å². The van der Waals surface area contributed by atoms with Crippen LogP contribution in [0.5, 0.6) is 11.5 Å². The SMILES string of the molecule is Nc1ncc(Oc2ccc(Cl)cc2)c(NC[C@H]2C[C@H](CO)C2)n1. The Hall–Kier alpha value is -2.05. The van der Waals surface area contributed by atoms with E-state index in [1.807, 2.05) is 0 Å². The average Bonchev–Trinajstić information content (AvgIpc) is 2.50. The summed E-state index contributed by atoms with van der Waals surface area (Å²) in [5.41, 5.74) is 5.67. The monoisotopic (exact) mass is 334 g/mol. The van der Waals surface area contributed by atoms with Gasteiger partial charge in [0, 0.05) is 18.2 Å². The smallest absolute Gasteiger partial charge is 0.222 e. The highest BCUT2D eigenvalue weighted by Gasteiger charge is 2.28. The van der Waals surface area contributed by atoms with Crippen molar-refractivity contribution in [2.24, 2.45) is 11.8 Å². The summed E-state index contributed by atoms with van der Waals surface area (Å²) in [7, 11) is 0. The quantitative estimate of drug-likeness (QED) is 0.752. The second-order valence-electron chi connectivity index (χ2n) is 5.76. The van der Waals surface area contributed by atoms with Crippen LogP contribution in [-0.2, 0) is 0 Å². The maximum atomic E-state index is 9.07. The van der Waals surface area contributed by atoms with Gasteiger partial charge >= 0.3 is 0 Å². The van der Waals surface area contributed by atoms with Gasteiger partial charge in [-0.1, -0.05) is 11.6 Å². The molecule has 0 aliphatic heterocycles. The van der Waals surface area contributed by atoms with Crippen molar-refractivity contribution in [3.8, 4) is 11.5 Å². The van der Waals surface area contributed by atoms with Crippen LogP contribution in [0.1, 0.15) is 12.8 Å². The van der Waals surface area contributed by atoms with Crippen LogP contribution in [0.15, 0.2) is 30.5 Å². The number of nitrogens with two attached hydrogens (primary N) is 1. The predicted molar refractivity (Wildman–Crippen MR) is 89.8 cm³/mol. The first kappa shape index (κ1) is 15.8. The number of hydrogen-bond acceptors (Lipinski definition) is 6. The minimum Gasteiger partial charge on any atom is -0.452 e. The lowest BCUT2D eigenvalue weighted by Crippen LogP contribution is -2.31. The minimum absolute atomic E-state index is 0.192. The van der Waals surface area contributed by atoms with Gasteiger partial charge in [0.25, 0.3) is 0 Å². The maximum absolute atomic E-state index is 9.07. The highest BCUT2D eigenvalue weighted by molar-refractivity contribution is 6.30. The molecule has 4 N–H and O–H groups in total. The van der Waals surface area contributed by atoms with E-state index in [2.05, 4.69) is 15.3 Å². The van der Waals surface area contributed by atoms with E-state index in [0.29, 0.717) is 34.2 Å². The van der Waals surface area contributed by atoms with Crippen molar-refractivity contribution in [1.29, 1.82) is 0 Å². The van der Waals surface area contributed by atoms with Gasteiger partial charge in [0.1, 0.15) is 5.75 Å². The molecule has 1 fully saturated rings. The average molecular weight is 335 g/mol. The molecular formula is C16H19ClN4O2. The zero-order valence-electron chi connectivity index (χ0n) is 12.6. The summed E-state index contributed by atoms with van der Waals surface area (Å²) in [6.45, 7) is 1.03. The Morgan fingerprint density at radius 3 is 2.70 bits per heavy atom. The molecule has 0 spiro atoms. The van der Waals surface area contributed by atoms with Gasteiger partial charge in [-0.25, -0.2) is 4.98 Å². The van der Waals surface area contributed by atoms with E-state index >= 15 is 0 Å². The van der Waals surface area contributed by atoms with E-state index < -0.39 is 0 Å². The lowest BCUT2D eigenvalue weighted by Gasteiger charge is -2.34. The molecule has 6 nitrogen and oxygen atoms in total. The Labute approximate surface area is 139 Å². The number of benzene rings is 1. The topological polar surface area (TPSA) is 93.3 Å². The molecule has 1 aliphatic carbocycles. The fourth-order valence-electron chi connectivity index (χ4n) is 2.65. The standard InChI is InChI=1S/C16H19ClN4O2/c17-12-1-3-13(4-2-12)23-14-8-20-16(18)21-15(14)19-7-10-5-11(6-10)9-22/h1-4,8,10-11,22H,5-7,9H2,(H3,18,19,20,21)/t10-,11-. The number of anilines is 2. The number of aliphatic hydroxyl groups excluding tert-OH is 1. The number of aliphatic hydroxyl groups is 1. The van der Waals surface area contributed by atoms with Crippen LogP contribution in [0.3, 0.4) is 0 Å². The molecule has 3 rings (SSSR count). The highest BCUT2D eigenvalue weighted by atomic mass is 35.5. The first-order valence-electron chi connectivity index (χ1n) is 7.54. The summed E-state index contributed by atoms with van der Waals surface area (Å²) in [6, 6.07) is 7.07. The molecule has 1 aromatic heterocycles. The fourth-order valence-corrected chi connectivity index (χ4v) is 2.77. The molecule has 1 aliphatic rings. The van der Waals surface area contributed by atoms with Gasteiger partial charge in [-0.15, -0.1) is 0 Å². The van der Waals surface area contributed by atoms with E-state index in [1.54, 1.807) is 30.5 Å². The van der Waals surface area contributed by atoms with Crippen molar-refractivity contribution >= 4 is 23.4 Å². The van der Waals surface area contributed by atoms with E-state index in [-0.39, 0.29) is 12.6 Å². The molecular weight excluding hydrogens is 316 g/mol. The van der Waals surface area contributed by atoms with E-state index in [1.165, 1.54) is 0 Å². The van der Waals surface area contributed by atoms with E-state index in [9.17, 15) is 0 Å². The first-order chi connectivity index (χ1) is 11.1. The molecule has 1 saturated carbocycles. The summed E-state index contributed by atoms with van der Waals surface area (Å²) in [4.78, 5) is 8.19. The molecule has 7 heteroatoms. The molecule has 0 amide bonds. The van der Waals surface area contributed by atoms with Crippen LogP contribution >= 0.6 is 11.6 Å². The summed E-state index contributed by atoms with van der Waals surface area (Å²) in [5, 5.41) is 13.0. The normalized spacial score (nSPS) is 19.9. The van der Waals surface area contributed by atoms with E-state index in [0.717, 1.165) is 19.4 Å². The summed E-state index contributed by atoms with van der Waals surface area (Å²) in [6.07, 6.45) is 3.60. The maximum Gasteiger partial charge on any atom is 0.222 e. The van der Waals surface area contributed by atoms with Crippen molar-refractivity contribution in [2.75, 3.05) is 24.2 Å². The number of aromatic nitrogens is 2. The van der Waals surface area contributed by atoms with Crippen LogP contribution in [0.25, 0.3) is 0 Å². The Bertz CT molecular complexity index is 660. The van der Waals surface area contributed by atoms with Crippen LogP contribution in [-0.4, -0.2) is 28.2 Å². The number of halogens is 1. The van der Waals surface area contributed by atoms with Gasteiger partial charge in [0.15, 0.2) is 11.6 Å². The number of rotatable bonds is 6. The minimum atomic E-state index is 0.192. The molecule has 122 valence electrons. The van der Waals surface area contributed by atoms with Crippen LogP contribution < -0.4 is 15.8 Å². The molecule has 0 saturated heterocycles. The molecule has 23 heavy (non-hydrogen) atoms. The molecule has 0 bridgehead atoms. The molecule has 0 unspecified atom stereocenters. The number of hydrogen-bond donors (Lipinski definition) is 3. The molecule has 1 aromatic carbocycles. The summed E-state index contributed by atoms with van der Waals surface area (Å²) < 4.78 is 5.80. The molecule has 2 aromatic rings. The van der Waals surface area contributed by atoms with Crippen molar-refractivity contribution in [2.45, 2.75) is 12.8 Å². The fraction of sp³-hybridized carbons (Fsp3) is 0.375. The number of nitrogens with one attached hydrogen (secondary N) is 1. The second kappa shape index (κ2) is 7.02. The third-order valence-corrected chi connectivity index (χ3v) is 4.22. The summed E-state index contributed by atoms with van der Waals surface area (Å²) in [5.74, 6) is 2.89. The Balaban J connectivity index is 1.66. The molecule has 1 heterocycles. The summed E-state index contributed by atoms with van der Waals surface area (Å²) >= 11 is 5.87. The number of nitrogens with zero attached hydrogens (tertiary/aromatic N) is 2. The molecule has 0 atom stereocenters. The van der Waals surface area contributed by atoms with Gasteiger partial charge in [0.2, 0.25) is 5.95 Å². The van der Waals surface area contributed by atoms with Crippen LogP contribution in [0.2, 0.25) is 5.02 Å². The van der Waals surface area contributed by atoms with Gasteiger partial charge in [0.05, 0.1) is 6.20 Å². The van der Waals surface area contributed by atoms with Crippen molar-refractivity contribution in [1.82, 2.24) is 9.97 Å². The van der Waals surface area contributed by atoms with Crippen LogP contribution in [0.4, 0.5) is 11.8 Å². The van der Waals surface area contributed by atoms with Crippen molar-refractivity contribution < 1.29 is 9.84 Å². The first-order valence-corrected chi connectivity index (χ1v) is 7.92. The highest BCUT2D eigenvalue weighted by Crippen LogP contribution is 2.34. The van der Waals surface area contributed by atoms with Crippen LogP contribution in [0, 0.1) is 11.8 Å². The number of ether oxygens (including phenoxy) is 1. The third kappa shape index (κ3) is 4.03. The van der Waals surface area contributed by atoms with Gasteiger partial charge < -0.3 is 20.9 Å².